The molecule has 0 bridgehead atoms. The van der Waals surface area contributed by atoms with Crippen LogP contribution in [0.2, 0.25) is 0 Å². The van der Waals surface area contributed by atoms with Crippen molar-refractivity contribution in [2.45, 2.75) is 25.8 Å². The number of carbonyl (C=O) groups excluding carboxylic acids is 2. The third kappa shape index (κ3) is 4.65. The molecule has 3 aromatic rings. The van der Waals surface area contributed by atoms with Crippen molar-refractivity contribution in [2.24, 2.45) is 0 Å². The number of ether oxygens (including phenoxy) is 4. The van der Waals surface area contributed by atoms with E-state index in [-0.39, 0.29) is 16.9 Å². The largest absolute Gasteiger partial charge is 0.507 e. The molecule has 8 heteroatoms. The third-order valence-electron chi connectivity index (χ3n) is 6.67. The zero-order valence-corrected chi connectivity index (χ0v) is 22.3. The van der Waals surface area contributed by atoms with Gasteiger partial charge in [-0.1, -0.05) is 32.0 Å². The average molecular weight is 518 g/mol. The molecular formula is C30H31NO7. The Labute approximate surface area is 222 Å². The average Bonchev–Trinajstić information content (AvgIpc) is 3.21. The van der Waals surface area contributed by atoms with Crippen molar-refractivity contribution in [1.29, 1.82) is 0 Å². The summed E-state index contributed by atoms with van der Waals surface area (Å²) >= 11 is 0. The van der Waals surface area contributed by atoms with Crippen LogP contribution >= 0.6 is 0 Å². The molecule has 1 fully saturated rings. The first-order valence-corrected chi connectivity index (χ1v) is 12.1. The maximum atomic E-state index is 13.6. The minimum absolute atomic E-state index is 0.0818. The van der Waals surface area contributed by atoms with Gasteiger partial charge in [0.15, 0.2) is 11.5 Å². The molecule has 38 heavy (non-hydrogen) atoms. The molecule has 1 atom stereocenters. The van der Waals surface area contributed by atoms with Crippen molar-refractivity contribution in [2.75, 3.05) is 33.3 Å². The van der Waals surface area contributed by atoms with E-state index in [0.717, 1.165) is 5.56 Å². The molecule has 1 aliphatic rings. The fraction of sp³-hybridized carbons (Fsp3) is 0.267. The number of rotatable bonds is 8. The lowest BCUT2D eigenvalue weighted by Crippen LogP contribution is -2.29. The molecule has 1 saturated heterocycles. The summed E-state index contributed by atoms with van der Waals surface area (Å²) in [6.45, 7) is 4.15. The maximum absolute atomic E-state index is 13.6. The van der Waals surface area contributed by atoms with Crippen molar-refractivity contribution in [3.05, 3.63) is 82.9 Å². The number of methoxy groups -OCH3 is 4. The van der Waals surface area contributed by atoms with Crippen LogP contribution in [0, 0.1) is 0 Å². The molecule has 0 radical (unpaired) electrons. The third-order valence-corrected chi connectivity index (χ3v) is 6.67. The number of carbonyl (C=O) groups is 2. The van der Waals surface area contributed by atoms with Crippen LogP contribution in [0.3, 0.4) is 0 Å². The molecule has 0 saturated carbocycles. The molecule has 8 nitrogen and oxygen atoms in total. The molecule has 1 unspecified atom stereocenters. The second kappa shape index (κ2) is 10.9. The number of aliphatic hydroxyl groups excluding tert-OH is 1. The van der Waals surface area contributed by atoms with Crippen molar-refractivity contribution >= 4 is 23.1 Å². The minimum Gasteiger partial charge on any atom is -0.507 e. The minimum atomic E-state index is -0.949. The highest BCUT2D eigenvalue weighted by atomic mass is 16.5. The predicted octanol–water partition coefficient (Wildman–Crippen LogP) is 5.47. The van der Waals surface area contributed by atoms with Gasteiger partial charge < -0.3 is 24.1 Å². The normalized spacial score (nSPS) is 16.6. The molecule has 0 spiro atoms. The molecule has 1 heterocycles. The van der Waals surface area contributed by atoms with Gasteiger partial charge in [0.05, 0.1) is 45.6 Å². The number of ketones is 1. The first-order chi connectivity index (χ1) is 18.2. The topological polar surface area (TPSA) is 94.5 Å². The summed E-state index contributed by atoms with van der Waals surface area (Å²) in [7, 11) is 5.98. The van der Waals surface area contributed by atoms with Gasteiger partial charge in [0.2, 0.25) is 0 Å². The monoisotopic (exact) mass is 517 g/mol. The first kappa shape index (κ1) is 26.6. The number of nitrogens with zero attached hydrogens (tertiary/aromatic N) is 1. The second-order valence-electron chi connectivity index (χ2n) is 9.10. The Hall–Kier alpha value is -4.46. The van der Waals surface area contributed by atoms with Crippen LogP contribution in [0.25, 0.3) is 5.76 Å². The van der Waals surface area contributed by atoms with E-state index in [0.29, 0.717) is 40.2 Å². The van der Waals surface area contributed by atoms with Gasteiger partial charge in [-0.25, -0.2) is 0 Å². The van der Waals surface area contributed by atoms with E-state index in [4.69, 9.17) is 18.9 Å². The number of anilines is 1. The van der Waals surface area contributed by atoms with Gasteiger partial charge in [-0.15, -0.1) is 0 Å². The van der Waals surface area contributed by atoms with Crippen LogP contribution in [0.1, 0.15) is 42.5 Å². The summed E-state index contributed by atoms with van der Waals surface area (Å²) in [5.74, 6) is 0.0245. The summed E-state index contributed by atoms with van der Waals surface area (Å²) in [5, 5.41) is 11.6. The van der Waals surface area contributed by atoms with Gasteiger partial charge in [0.25, 0.3) is 11.7 Å². The van der Waals surface area contributed by atoms with E-state index in [1.165, 1.54) is 33.3 Å². The zero-order valence-electron chi connectivity index (χ0n) is 22.3. The maximum Gasteiger partial charge on any atom is 0.300 e. The predicted molar refractivity (Wildman–Crippen MR) is 144 cm³/mol. The van der Waals surface area contributed by atoms with Gasteiger partial charge in [-0.3, -0.25) is 14.5 Å². The number of hydrogen-bond donors (Lipinski definition) is 1. The van der Waals surface area contributed by atoms with Crippen LogP contribution in [0.4, 0.5) is 5.69 Å². The van der Waals surface area contributed by atoms with Crippen LogP contribution in [-0.2, 0) is 9.59 Å². The number of amides is 1. The van der Waals surface area contributed by atoms with Crippen LogP contribution in [0.5, 0.6) is 23.0 Å². The highest BCUT2D eigenvalue weighted by molar-refractivity contribution is 6.51. The van der Waals surface area contributed by atoms with E-state index in [1.54, 1.807) is 48.5 Å². The highest BCUT2D eigenvalue weighted by Crippen LogP contribution is 2.45. The Kier molecular flexibility index (Phi) is 7.62. The lowest BCUT2D eigenvalue weighted by Gasteiger charge is -2.26. The standard InChI is InChI=1S/C30H31NO7/c1-17(2)18-7-10-20(11-8-18)31-27(19-9-13-24(37-5)25(15-19)38-6)26(29(33)30(31)34)28(32)22-16-21(35-3)12-14-23(22)36-4/h7-17,27,32H,1-6H3/b28-26+. The van der Waals surface area contributed by atoms with Crippen LogP contribution in [-0.4, -0.2) is 45.2 Å². The number of aliphatic hydroxyl groups is 1. The number of Topliss-reactive ketones (excluding diaryl/α,β-unsaturated/α-hetero) is 1. The molecule has 1 N–H and O–H groups in total. The van der Waals surface area contributed by atoms with Gasteiger partial charge in [0, 0.05) is 5.69 Å². The SMILES string of the molecule is COc1ccc(OC)c(/C(O)=C2\C(=O)C(=O)N(c3ccc(C(C)C)cc3)C2c2ccc(OC)c(OC)c2)c1. The lowest BCUT2D eigenvalue weighted by atomic mass is 9.94. The quantitative estimate of drug-likeness (QED) is 0.241. The molecule has 3 aromatic carbocycles. The number of hydrogen-bond acceptors (Lipinski definition) is 7. The van der Waals surface area contributed by atoms with Crippen LogP contribution < -0.4 is 23.8 Å². The zero-order chi connectivity index (χ0) is 27.6. The van der Waals surface area contributed by atoms with Crippen LogP contribution in [0.15, 0.2) is 66.2 Å². The van der Waals surface area contributed by atoms with E-state index < -0.39 is 17.7 Å². The highest BCUT2D eigenvalue weighted by Gasteiger charge is 2.47. The van der Waals surface area contributed by atoms with E-state index in [9.17, 15) is 14.7 Å². The van der Waals surface area contributed by atoms with Crippen molar-refractivity contribution in [1.82, 2.24) is 0 Å². The Morgan fingerprint density at radius 3 is 2.00 bits per heavy atom. The smallest absolute Gasteiger partial charge is 0.300 e. The van der Waals surface area contributed by atoms with Gasteiger partial charge in [-0.05, 0) is 59.5 Å². The van der Waals surface area contributed by atoms with Gasteiger partial charge in [0.1, 0.15) is 17.3 Å². The Bertz CT molecular complexity index is 1390. The fourth-order valence-electron chi connectivity index (χ4n) is 4.60. The lowest BCUT2D eigenvalue weighted by molar-refractivity contribution is -0.132. The van der Waals surface area contributed by atoms with E-state index >= 15 is 0 Å². The summed E-state index contributed by atoms with van der Waals surface area (Å²) in [6, 6.07) is 16.5. The molecule has 0 aliphatic carbocycles. The van der Waals surface area contributed by atoms with Crippen molar-refractivity contribution < 1.29 is 33.6 Å². The molecule has 1 amide bonds. The summed E-state index contributed by atoms with van der Waals surface area (Å²) in [6.07, 6.45) is 0. The fourth-order valence-corrected chi connectivity index (χ4v) is 4.60. The first-order valence-electron chi connectivity index (χ1n) is 12.1. The Morgan fingerprint density at radius 1 is 0.789 bits per heavy atom. The number of benzene rings is 3. The van der Waals surface area contributed by atoms with E-state index in [1.807, 2.05) is 12.1 Å². The molecule has 198 valence electrons. The van der Waals surface area contributed by atoms with E-state index in [2.05, 4.69) is 13.8 Å². The Morgan fingerprint density at radius 2 is 1.42 bits per heavy atom. The molecule has 4 rings (SSSR count). The summed E-state index contributed by atoms with van der Waals surface area (Å²) < 4.78 is 21.6. The second-order valence-corrected chi connectivity index (χ2v) is 9.10. The van der Waals surface area contributed by atoms with Crippen molar-refractivity contribution in [3.8, 4) is 23.0 Å². The molecule has 0 aromatic heterocycles. The molecule has 1 aliphatic heterocycles. The van der Waals surface area contributed by atoms with Gasteiger partial charge in [-0.2, -0.15) is 0 Å². The summed E-state index contributed by atoms with van der Waals surface area (Å²) in [5.41, 5.74) is 2.31. The molecular weight excluding hydrogens is 486 g/mol. The summed E-state index contributed by atoms with van der Waals surface area (Å²) in [4.78, 5) is 28.5. The van der Waals surface area contributed by atoms with Crippen molar-refractivity contribution in [3.63, 3.8) is 0 Å². The van der Waals surface area contributed by atoms with Gasteiger partial charge >= 0.3 is 0 Å². The Balaban J connectivity index is 1.99.